The lowest BCUT2D eigenvalue weighted by atomic mass is 10.1. The lowest BCUT2D eigenvalue weighted by Crippen LogP contribution is -2.31. The highest BCUT2D eigenvalue weighted by atomic mass is 16.5. The normalized spacial score (nSPS) is 15.0. The van der Waals surface area contributed by atoms with Crippen molar-refractivity contribution in [2.24, 2.45) is 0 Å². The molecule has 0 bridgehead atoms. The fraction of sp³-hybridized carbons (Fsp3) is 0.235. The van der Waals surface area contributed by atoms with Crippen molar-refractivity contribution in [3.63, 3.8) is 0 Å². The van der Waals surface area contributed by atoms with Gasteiger partial charge >= 0.3 is 0 Å². The molecule has 0 aliphatic carbocycles. The Hall–Kier alpha value is -2.73. The fourth-order valence-corrected chi connectivity index (χ4v) is 2.86. The number of fused-ring (bicyclic) bond motifs is 2. The zero-order valence-corrected chi connectivity index (χ0v) is 12.5. The van der Waals surface area contributed by atoms with E-state index in [4.69, 9.17) is 4.74 Å². The Morgan fingerprint density at radius 1 is 1.26 bits per heavy atom. The van der Waals surface area contributed by atoms with E-state index in [1.807, 2.05) is 24.3 Å². The second-order valence-corrected chi connectivity index (χ2v) is 5.53. The fourth-order valence-electron chi connectivity index (χ4n) is 2.86. The second-order valence-electron chi connectivity index (χ2n) is 5.53. The van der Waals surface area contributed by atoms with Gasteiger partial charge in [-0.25, -0.2) is 4.98 Å². The summed E-state index contributed by atoms with van der Waals surface area (Å²) in [5.41, 5.74) is 2.29. The predicted molar refractivity (Wildman–Crippen MR) is 85.4 cm³/mol. The minimum atomic E-state index is 0.0728. The average molecular weight is 308 g/mol. The Bertz CT molecular complexity index is 858. The summed E-state index contributed by atoms with van der Waals surface area (Å²) in [7, 11) is 0. The molecule has 0 saturated carbocycles. The third-order valence-electron chi connectivity index (χ3n) is 4.01. The third kappa shape index (κ3) is 2.68. The van der Waals surface area contributed by atoms with Crippen LogP contribution in [-0.2, 0) is 6.54 Å². The minimum Gasteiger partial charge on any atom is -0.490 e. The highest BCUT2D eigenvalue weighted by Crippen LogP contribution is 2.21. The first-order valence-electron chi connectivity index (χ1n) is 7.55. The number of ether oxygens (including phenoxy) is 1. The molecule has 0 saturated heterocycles. The van der Waals surface area contributed by atoms with E-state index in [0.717, 1.165) is 22.5 Å². The molecule has 0 spiro atoms. The Morgan fingerprint density at radius 3 is 3.09 bits per heavy atom. The molecule has 0 fully saturated rings. The van der Waals surface area contributed by atoms with Crippen LogP contribution in [0.1, 0.15) is 16.1 Å². The number of aromatic amines is 1. The van der Waals surface area contributed by atoms with Crippen molar-refractivity contribution >= 4 is 16.8 Å². The molecule has 23 heavy (non-hydrogen) atoms. The molecule has 1 N–H and O–H groups in total. The predicted octanol–water partition coefficient (Wildman–Crippen LogP) is 2.04. The number of rotatable bonds is 3. The van der Waals surface area contributed by atoms with Gasteiger partial charge in [-0.05, 0) is 24.3 Å². The highest BCUT2D eigenvalue weighted by molar-refractivity contribution is 6.08. The van der Waals surface area contributed by atoms with E-state index in [9.17, 15) is 4.79 Å². The minimum absolute atomic E-state index is 0.0728. The van der Waals surface area contributed by atoms with Gasteiger partial charge in [0.2, 0.25) is 0 Å². The maximum Gasteiger partial charge on any atom is 0.179 e. The Morgan fingerprint density at radius 2 is 2.13 bits per heavy atom. The standard InChI is InChI=1S/C17H16N4O2/c22-15(13-9-20-17-12(13)3-1-6-19-17)11-21-7-8-23-16-4-2-5-18-14(16)10-21/h1-6,9H,7-8,10-11H2,(H,19,20). The number of ketones is 1. The van der Waals surface area contributed by atoms with Crippen LogP contribution in [0.2, 0.25) is 0 Å². The van der Waals surface area contributed by atoms with E-state index < -0.39 is 0 Å². The van der Waals surface area contributed by atoms with Gasteiger partial charge in [0.25, 0.3) is 0 Å². The molecule has 116 valence electrons. The van der Waals surface area contributed by atoms with Gasteiger partial charge < -0.3 is 9.72 Å². The average Bonchev–Trinajstić information content (AvgIpc) is 2.90. The topological polar surface area (TPSA) is 71.1 Å². The van der Waals surface area contributed by atoms with Crippen molar-refractivity contribution in [2.45, 2.75) is 6.54 Å². The van der Waals surface area contributed by atoms with Gasteiger partial charge in [-0.1, -0.05) is 0 Å². The molecule has 1 aliphatic rings. The van der Waals surface area contributed by atoms with E-state index in [1.54, 1.807) is 18.6 Å². The molecule has 4 rings (SSSR count). The summed E-state index contributed by atoms with van der Waals surface area (Å²) in [6.45, 7) is 2.20. The first kappa shape index (κ1) is 13.9. The van der Waals surface area contributed by atoms with Gasteiger partial charge in [-0.3, -0.25) is 14.7 Å². The highest BCUT2D eigenvalue weighted by Gasteiger charge is 2.20. The molecule has 6 nitrogen and oxygen atoms in total. The van der Waals surface area contributed by atoms with E-state index in [0.29, 0.717) is 31.8 Å². The van der Waals surface area contributed by atoms with Crippen LogP contribution < -0.4 is 4.74 Å². The first-order chi connectivity index (χ1) is 11.3. The summed E-state index contributed by atoms with van der Waals surface area (Å²) >= 11 is 0. The van der Waals surface area contributed by atoms with Crippen LogP contribution in [0, 0.1) is 0 Å². The van der Waals surface area contributed by atoms with Gasteiger partial charge in [-0.15, -0.1) is 0 Å². The summed E-state index contributed by atoms with van der Waals surface area (Å²) in [6.07, 6.45) is 5.20. The van der Waals surface area contributed by atoms with Crippen LogP contribution in [0.3, 0.4) is 0 Å². The first-order valence-corrected chi connectivity index (χ1v) is 7.55. The second kappa shape index (κ2) is 5.81. The van der Waals surface area contributed by atoms with Crippen molar-refractivity contribution in [2.75, 3.05) is 19.7 Å². The molecule has 0 atom stereocenters. The summed E-state index contributed by atoms with van der Waals surface area (Å²) in [5.74, 6) is 0.877. The monoisotopic (exact) mass is 308 g/mol. The molecule has 3 aromatic rings. The number of nitrogens with one attached hydrogen (secondary N) is 1. The molecule has 0 aromatic carbocycles. The zero-order valence-electron chi connectivity index (χ0n) is 12.5. The SMILES string of the molecule is O=C(CN1CCOc2cccnc2C1)c1c[nH]c2ncccc12. The lowest BCUT2D eigenvalue weighted by Gasteiger charge is -2.17. The lowest BCUT2D eigenvalue weighted by molar-refractivity contribution is 0.0922. The van der Waals surface area contributed by atoms with Crippen LogP contribution in [0.25, 0.3) is 11.0 Å². The van der Waals surface area contributed by atoms with Gasteiger partial charge in [-0.2, -0.15) is 0 Å². The maximum absolute atomic E-state index is 12.7. The summed E-state index contributed by atoms with van der Waals surface area (Å²) in [5, 5.41) is 0.863. The Kier molecular flexibility index (Phi) is 3.51. The van der Waals surface area contributed by atoms with E-state index in [2.05, 4.69) is 19.9 Å². The molecule has 4 heterocycles. The third-order valence-corrected chi connectivity index (χ3v) is 4.01. The number of hydrogen-bond acceptors (Lipinski definition) is 5. The molecule has 0 radical (unpaired) electrons. The van der Waals surface area contributed by atoms with E-state index in [1.165, 1.54) is 0 Å². The molecule has 0 amide bonds. The number of aromatic nitrogens is 3. The van der Waals surface area contributed by atoms with Crippen molar-refractivity contribution in [1.29, 1.82) is 0 Å². The van der Waals surface area contributed by atoms with Gasteiger partial charge in [0.15, 0.2) is 5.78 Å². The van der Waals surface area contributed by atoms with Crippen molar-refractivity contribution in [3.8, 4) is 5.75 Å². The van der Waals surface area contributed by atoms with Crippen LogP contribution >= 0.6 is 0 Å². The van der Waals surface area contributed by atoms with Crippen molar-refractivity contribution in [3.05, 3.63) is 54.1 Å². The van der Waals surface area contributed by atoms with E-state index >= 15 is 0 Å². The quantitative estimate of drug-likeness (QED) is 0.750. The number of hydrogen-bond donors (Lipinski definition) is 1. The Balaban J connectivity index is 1.55. The largest absolute Gasteiger partial charge is 0.490 e. The molecule has 0 unspecified atom stereocenters. The summed E-state index contributed by atoms with van der Waals surface area (Å²) in [4.78, 5) is 26.4. The number of carbonyl (C=O) groups excluding carboxylic acids is 1. The van der Waals surface area contributed by atoms with E-state index in [-0.39, 0.29) is 5.78 Å². The van der Waals surface area contributed by atoms with Gasteiger partial charge in [0, 0.05) is 42.6 Å². The molecular weight excluding hydrogens is 292 g/mol. The maximum atomic E-state index is 12.7. The number of pyridine rings is 2. The molecule has 6 heteroatoms. The van der Waals surface area contributed by atoms with Crippen LogP contribution in [0.4, 0.5) is 0 Å². The zero-order chi connectivity index (χ0) is 15.6. The van der Waals surface area contributed by atoms with Crippen molar-refractivity contribution < 1.29 is 9.53 Å². The number of H-pyrrole nitrogens is 1. The van der Waals surface area contributed by atoms with Gasteiger partial charge in [0.05, 0.1) is 12.2 Å². The summed E-state index contributed by atoms with van der Waals surface area (Å²) < 4.78 is 5.69. The van der Waals surface area contributed by atoms with Crippen LogP contribution in [0.15, 0.2) is 42.9 Å². The molecular formula is C17H16N4O2. The smallest absolute Gasteiger partial charge is 0.179 e. The van der Waals surface area contributed by atoms with Crippen LogP contribution in [-0.4, -0.2) is 45.3 Å². The van der Waals surface area contributed by atoms with Crippen LogP contribution in [0.5, 0.6) is 5.75 Å². The summed E-state index contributed by atoms with van der Waals surface area (Å²) in [6, 6.07) is 7.53. The number of carbonyl (C=O) groups is 1. The van der Waals surface area contributed by atoms with Crippen molar-refractivity contribution in [1.82, 2.24) is 19.9 Å². The van der Waals surface area contributed by atoms with Gasteiger partial charge in [0.1, 0.15) is 18.0 Å². The Labute approximate surface area is 133 Å². The molecule has 3 aromatic heterocycles. The number of nitrogens with zero attached hydrogens (tertiary/aromatic N) is 3. The molecule has 1 aliphatic heterocycles. The number of Topliss-reactive ketones (excluding diaryl/α,β-unsaturated/α-hetero) is 1.